The Labute approximate surface area is 76.4 Å². The third-order valence-corrected chi connectivity index (χ3v) is 2.64. The molecule has 0 aromatic heterocycles. The highest BCUT2D eigenvalue weighted by atomic mass is 32.2. The van der Waals surface area contributed by atoms with Crippen molar-refractivity contribution in [2.24, 2.45) is 5.14 Å². The van der Waals surface area contributed by atoms with Gasteiger partial charge in [-0.25, -0.2) is 17.9 Å². The first kappa shape index (κ1) is 10.1. The van der Waals surface area contributed by atoms with E-state index >= 15 is 0 Å². The second-order valence-electron chi connectivity index (χ2n) is 2.65. The Kier molecular flexibility index (Phi) is 2.68. The maximum Gasteiger partial charge on any atom is 0.238 e. The van der Waals surface area contributed by atoms with Crippen LogP contribution in [0.1, 0.15) is 12.5 Å². The van der Waals surface area contributed by atoms with Gasteiger partial charge in [-0.05, 0) is 30.2 Å². The molecule has 0 bridgehead atoms. The molecule has 0 aliphatic carbocycles. The Morgan fingerprint density at radius 3 is 2.54 bits per heavy atom. The second-order valence-corrected chi connectivity index (χ2v) is 4.21. The Bertz CT molecular complexity index is 414. The van der Waals surface area contributed by atoms with E-state index in [0.29, 0.717) is 12.0 Å². The number of sulfonamides is 1. The van der Waals surface area contributed by atoms with Crippen LogP contribution in [0.2, 0.25) is 0 Å². The van der Waals surface area contributed by atoms with Crippen LogP contribution in [0.25, 0.3) is 0 Å². The molecule has 1 aromatic rings. The lowest BCUT2D eigenvalue weighted by atomic mass is 10.2. The molecule has 0 spiro atoms. The Morgan fingerprint density at radius 1 is 1.46 bits per heavy atom. The van der Waals surface area contributed by atoms with Gasteiger partial charge in [0, 0.05) is 0 Å². The van der Waals surface area contributed by atoms with Crippen LogP contribution in [0.15, 0.2) is 23.1 Å². The van der Waals surface area contributed by atoms with Gasteiger partial charge in [-0.3, -0.25) is 0 Å². The third kappa shape index (κ3) is 2.26. The number of nitrogens with two attached hydrogens (primary N) is 1. The molecule has 0 heterocycles. The first-order valence-electron chi connectivity index (χ1n) is 3.76. The van der Waals surface area contributed by atoms with Gasteiger partial charge in [-0.1, -0.05) is 6.92 Å². The van der Waals surface area contributed by atoms with Crippen LogP contribution < -0.4 is 5.14 Å². The minimum atomic E-state index is -3.72. The predicted molar refractivity (Wildman–Crippen MR) is 47.2 cm³/mol. The quantitative estimate of drug-likeness (QED) is 0.780. The highest BCUT2D eigenvalue weighted by Gasteiger charge is 2.09. The predicted octanol–water partition coefficient (Wildman–Crippen LogP) is 1.04. The minimum Gasteiger partial charge on any atom is -0.225 e. The fraction of sp³-hybridized carbons (Fsp3) is 0.250. The zero-order chi connectivity index (χ0) is 10.1. The molecule has 1 aromatic carbocycles. The van der Waals surface area contributed by atoms with Gasteiger partial charge in [-0.15, -0.1) is 0 Å². The molecule has 0 aliphatic rings. The van der Waals surface area contributed by atoms with E-state index in [9.17, 15) is 12.8 Å². The normalized spacial score (nSPS) is 11.6. The molecule has 72 valence electrons. The number of hydrogen-bond donors (Lipinski definition) is 1. The monoisotopic (exact) mass is 203 g/mol. The molecule has 2 N–H and O–H groups in total. The largest absolute Gasteiger partial charge is 0.238 e. The van der Waals surface area contributed by atoms with Crippen molar-refractivity contribution in [2.45, 2.75) is 18.2 Å². The summed E-state index contributed by atoms with van der Waals surface area (Å²) in [4.78, 5) is -0.0502. The van der Waals surface area contributed by atoms with Gasteiger partial charge >= 0.3 is 0 Å². The van der Waals surface area contributed by atoms with E-state index in [4.69, 9.17) is 5.14 Å². The highest BCUT2D eigenvalue weighted by Crippen LogP contribution is 2.13. The fourth-order valence-electron chi connectivity index (χ4n) is 0.999. The van der Waals surface area contributed by atoms with Gasteiger partial charge in [-0.2, -0.15) is 0 Å². The standard InChI is InChI=1S/C8H10FNO2S/c1-2-6-5-7(13(10,11)12)3-4-8(6)9/h3-5H,2H2,1H3,(H2,10,11,12). The second kappa shape index (κ2) is 3.43. The van der Waals surface area contributed by atoms with Gasteiger partial charge in [0.25, 0.3) is 0 Å². The summed E-state index contributed by atoms with van der Waals surface area (Å²) in [5.41, 5.74) is 0.353. The fourth-order valence-corrected chi connectivity index (χ4v) is 1.56. The molecule has 0 saturated carbocycles. The molecule has 0 amide bonds. The van der Waals surface area contributed by atoms with Gasteiger partial charge < -0.3 is 0 Å². The Hall–Kier alpha value is -0.940. The maximum atomic E-state index is 12.9. The van der Waals surface area contributed by atoms with Gasteiger partial charge in [0.05, 0.1) is 4.90 Å². The van der Waals surface area contributed by atoms with E-state index in [1.54, 1.807) is 6.92 Å². The zero-order valence-electron chi connectivity index (χ0n) is 7.12. The van der Waals surface area contributed by atoms with E-state index in [1.165, 1.54) is 6.07 Å². The number of halogens is 1. The topological polar surface area (TPSA) is 60.2 Å². The zero-order valence-corrected chi connectivity index (χ0v) is 7.94. The highest BCUT2D eigenvalue weighted by molar-refractivity contribution is 7.89. The number of primary sulfonamides is 1. The molecule has 13 heavy (non-hydrogen) atoms. The van der Waals surface area contributed by atoms with Gasteiger partial charge in [0.15, 0.2) is 0 Å². The summed E-state index contributed by atoms with van der Waals surface area (Å²) >= 11 is 0. The van der Waals surface area contributed by atoms with Crippen LogP contribution in [-0.4, -0.2) is 8.42 Å². The first-order valence-corrected chi connectivity index (χ1v) is 5.31. The lowest BCUT2D eigenvalue weighted by Gasteiger charge is -2.02. The molecule has 1 rings (SSSR count). The van der Waals surface area contributed by atoms with Crippen molar-refractivity contribution in [3.8, 4) is 0 Å². The van der Waals surface area contributed by atoms with Crippen LogP contribution in [0.5, 0.6) is 0 Å². The summed E-state index contributed by atoms with van der Waals surface area (Å²) in [6.07, 6.45) is 0.440. The van der Waals surface area contributed by atoms with Gasteiger partial charge in [0.2, 0.25) is 10.0 Å². The summed E-state index contributed by atoms with van der Waals surface area (Å²) in [5.74, 6) is -0.408. The summed E-state index contributed by atoms with van der Waals surface area (Å²) in [6.45, 7) is 1.74. The molecule has 0 radical (unpaired) electrons. The summed E-state index contributed by atoms with van der Waals surface area (Å²) in [5, 5.41) is 4.88. The summed E-state index contributed by atoms with van der Waals surface area (Å²) in [7, 11) is -3.72. The van der Waals surface area contributed by atoms with Crippen molar-refractivity contribution in [2.75, 3.05) is 0 Å². The minimum absolute atomic E-state index is 0.0502. The van der Waals surface area contributed by atoms with Crippen molar-refractivity contribution in [3.63, 3.8) is 0 Å². The molecule has 5 heteroatoms. The van der Waals surface area contributed by atoms with Crippen molar-refractivity contribution < 1.29 is 12.8 Å². The smallest absolute Gasteiger partial charge is 0.225 e. The van der Waals surface area contributed by atoms with Crippen LogP contribution in [0, 0.1) is 5.82 Å². The molecule has 0 unspecified atom stereocenters. The third-order valence-electron chi connectivity index (χ3n) is 1.73. The van der Waals surface area contributed by atoms with Crippen LogP contribution in [0.3, 0.4) is 0 Å². The van der Waals surface area contributed by atoms with Crippen molar-refractivity contribution in [1.29, 1.82) is 0 Å². The SMILES string of the molecule is CCc1cc(S(N)(=O)=O)ccc1F. The molecular formula is C8H10FNO2S. The van der Waals surface area contributed by atoms with Gasteiger partial charge in [0.1, 0.15) is 5.82 Å². The molecule has 0 saturated heterocycles. The van der Waals surface area contributed by atoms with Crippen LogP contribution in [0.4, 0.5) is 4.39 Å². The molecule has 3 nitrogen and oxygen atoms in total. The number of hydrogen-bond acceptors (Lipinski definition) is 2. The van der Waals surface area contributed by atoms with Crippen LogP contribution in [-0.2, 0) is 16.4 Å². The molecular weight excluding hydrogens is 193 g/mol. The van der Waals surface area contributed by atoms with Crippen LogP contribution >= 0.6 is 0 Å². The molecule has 0 aliphatic heterocycles. The summed E-state index contributed by atoms with van der Waals surface area (Å²) in [6, 6.07) is 3.52. The van der Waals surface area contributed by atoms with E-state index < -0.39 is 15.8 Å². The first-order chi connectivity index (χ1) is 5.95. The number of aryl methyl sites for hydroxylation is 1. The summed E-state index contributed by atoms with van der Waals surface area (Å²) < 4.78 is 34.7. The van der Waals surface area contributed by atoms with Crippen molar-refractivity contribution in [1.82, 2.24) is 0 Å². The van der Waals surface area contributed by atoms with Crippen molar-refractivity contribution >= 4 is 10.0 Å². The van der Waals surface area contributed by atoms with Crippen molar-refractivity contribution in [3.05, 3.63) is 29.6 Å². The number of rotatable bonds is 2. The van der Waals surface area contributed by atoms with E-state index in [1.807, 2.05) is 0 Å². The molecule has 0 fully saturated rings. The lowest BCUT2D eigenvalue weighted by molar-refractivity contribution is 0.594. The maximum absolute atomic E-state index is 12.9. The van der Waals surface area contributed by atoms with E-state index in [-0.39, 0.29) is 4.90 Å². The average molecular weight is 203 g/mol. The van der Waals surface area contributed by atoms with E-state index in [2.05, 4.69) is 0 Å². The molecule has 0 atom stereocenters. The Balaban J connectivity index is 3.30. The lowest BCUT2D eigenvalue weighted by Crippen LogP contribution is -2.12. The average Bonchev–Trinajstić information content (AvgIpc) is 2.03. The van der Waals surface area contributed by atoms with E-state index in [0.717, 1.165) is 12.1 Å². The Morgan fingerprint density at radius 2 is 2.08 bits per heavy atom. The number of benzene rings is 1.